The fraction of sp³-hybridized carbons (Fsp3) is 0.600. The maximum absolute atomic E-state index is 12.6. The van der Waals surface area contributed by atoms with Crippen LogP contribution in [0.1, 0.15) is 28.2 Å². The van der Waals surface area contributed by atoms with Crippen LogP contribution in [0, 0.1) is 0 Å². The molecule has 0 saturated carbocycles. The number of likely N-dealkylation sites (N-methyl/N-ethyl adjacent to an activating group) is 1. The standard InChI is InChI=1S/C15H22N4O2/c1-18-5-7-19(8-6-18)15(20)14-10-11-9-12(17-21-2)3-4-13(11)16-14/h10,16H,3-9H2,1-2H3/b17-12+. The third kappa shape index (κ3) is 2.95. The minimum Gasteiger partial charge on any atom is -0.399 e. The van der Waals surface area contributed by atoms with Crippen molar-refractivity contribution in [3.05, 3.63) is 23.0 Å². The number of nitrogens with zero attached hydrogens (tertiary/aromatic N) is 3. The number of aromatic amines is 1. The monoisotopic (exact) mass is 290 g/mol. The number of nitrogens with one attached hydrogen (secondary N) is 1. The second-order valence-corrected chi connectivity index (χ2v) is 5.80. The maximum Gasteiger partial charge on any atom is 0.270 e. The molecule has 0 spiro atoms. The Bertz CT molecular complexity index is 556. The second-order valence-electron chi connectivity index (χ2n) is 5.80. The molecule has 1 fully saturated rings. The molecule has 114 valence electrons. The van der Waals surface area contributed by atoms with Crippen LogP contribution >= 0.6 is 0 Å². The number of hydrogen-bond acceptors (Lipinski definition) is 4. The first-order valence-corrected chi connectivity index (χ1v) is 7.45. The first-order valence-electron chi connectivity index (χ1n) is 7.45. The van der Waals surface area contributed by atoms with Crippen LogP contribution in [0.4, 0.5) is 0 Å². The van der Waals surface area contributed by atoms with Gasteiger partial charge in [-0.25, -0.2) is 0 Å². The molecule has 1 aliphatic carbocycles. The van der Waals surface area contributed by atoms with Crippen LogP contribution in [0.5, 0.6) is 0 Å². The number of H-pyrrole nitrogens is 1. The van der Waals surface area contributed by atoms with Gasteiger partial charge >= 0.3 is 0 Å². The molecule has 1 aliphatic heterocycles. The summed E-state index contributed by atoms with van der Waals surface area (Å²) in [6.45, 7) is 3.48. The summed E-state index contributed by atoms with van der Waals surface area (Å²) in [6.07, 6.45) is 2.56. The predicted molar refractivity (Wildman–Crippen MR) is 80.7 cm³/mol. The molecule has 0 unspecified atom stereocenters. The van der Waals surface area contributed by atoms with Crippen molar-refractivity contribution < 1.29 is 9.63 Å². The molecule has 1 saturated heterocycles. The number of carbonyl (C=O) groups is 1. The fourth-order valence-corrected chi connectivity index (χ4v) is 3.00. The molecule has 6 heteroatoms. The molecular formula is C15H22N4O2. The van der Waals surface area contributed by atoms with Crippen LogP contribution in [0.25, 0.3) is 0 Å². The molecule has 0 atom stereocenters. The molecule has 2 aliphatic rings. The van der Waals surface area contributed by atoms with Crippen LogP contribution in [0.3, 0.4) is 0 Å². The smallest absolute Gasteiger partial charge is 0.270 e. The van der Waals surface area contributed by atoms with Crippen molar-refractivity contribution >= 4 is 11.6 Å². The summed E-state index contributed by atoms with van der Waals surface area (Å²) in [6, 6.07) is 1.99. The van der Waals surface area contributed by atoms with E-state index in [0.717, 1.165) is 51.2 Å². The Morgan fingerprint density at radius 2 is 2.05 bits per heavy atom. The van der Waals surface area contributed by atoms with Crippen LogP contribution in [0.15, 0.2) is 11.2 Å². The number of oxime groups is 1. The van der Waals surface area contributed by atoms with Gasteiger partial charge in [0, 0.05) is 38.3 Å². The van der Waals surface area contributed by atoms with Crippen molar-refractivity contribution in [3.8, 4) is 0 Å². The van der Waals surface area contributed by atoms with E-state index in [2.05, 4.69) is 22.1 Å². The number of amides is 1. The Morgan fingerprint density at radius 1 is 1.29 bits per heavy atom. The van der Waals surface area contributed by atoms with Gasteiger partial charge in [-0.05, 0) is 31.5 Å². The second kappa shape index (κ2) is 5.89. The van der Waals surface area contributed by atoms with Crippen molar-refractivity contribution in [3.63, 3.8) is 0 Å². The van der Waals surface area contributed by atoms with Gasteiger partial charge in [0.15, 0.2) is 0 Å². The largest absolute Gasteiger partial charge is 0.399 e. The van der Waals surface area contributed by atoms with Gasteiger partial charge in [0.1, 0.15) is 12.8 Å². The molecule has 1 aromatic heterocycles. The maximum atomic E-state index is 12.6. The molecule has 6 nitrogen and oxygen atoms in total. The molecule has 21 heavy (non-hydrogen) atoms. The minimum atomic E-state index is 0.114. The quantitative estimate of drug-likeness (QED) is 0.823. The van der Waals surface area contributed by atoms with E-state index >= 15 is 0 Å². The minimum absolute atomic E-state index is 0.114. The van der Waals surface area contributed by atoms with Gasteiger partial charge in [-0.1, -0.05) is 5.16 Å². The van der Waals surface area contributed by atoms with Crippen molar-refractivity contribution in [2.75, 3.05) is 40.3 Å². The van der Waals surface area contributed by atoms with Crippen molar-refractivity contribution in [1.82, 2.24) is 14.8 Å². The first kappa shape index (κ1) is 14.1. The summed E-state index contributed by atoms with van der Waals surface area (Å²) in [5, 5.41) is 4.04. The third-order valence-electron chi connectivity index (χ3n) is 4.29. The highest BCUT2D eigenvalue weighted by molar-refractivity contribution is 5.94. The highest BCUT2D eigenvalue weighted by Crippen LogP contribution is 2.21. The van der Waals surface area contributed by atoms with E-state index in [0.29, 0.717) is 5.69 Å². The fourth-order valence-electron chi connectivity index (χ4n) is 3.00. The van der Waals surface area contributed by atoms with Gasteiger partial charge in [0.05, 0.1) is 5.71 Å². The number of carbonyl (C=O) groups excluding carboxylic acids is 1. The molecule has 1 N–H and O–H groups in total. The van der Waals surface area contributed by atoms with Crippen LogP contribution in [0.2, 0.25) is 0 Å². The Balaban J connectivity index is 1.73. The molecular weight excluding hydrogens is 268 g/mol. The zero-order chi connectivity index (χ0) is 14.8. The average Bonchev–Trinajstić information content (AvgIpc) is 2.91. The number of hydrogen-bond donors (Lipinski definition) is 1. The van der Waals surface area contributed by atoms with Gasteiger partial charge in [-0.2, -0.15) is 0 Å². The number of aryl methyl sites for hydroxylation is 1. The molecule has 0 aromatic carbocycles. The van der Waals surface area contributed by atoms with E-state index in [1.54, 1.807) is 7.11 Å². The topological polar surface area (TPSA) is 60.9 Å². The van der Waals surface area contributed by atoms with Gasteiger partial charge in [-0.15, -0.1) is 0 Å². The van der Waals surface area contributed by atoms with Crippen LogP contribution < -0.4 is 0 Å². The Morgan fingerprint density at radius 3 is 2.76 bits per heavy atom. The molecule has 2 heterocycles. The van der Waals surface area contributed by atoms with Crippen LogP contribution in [-0.4, -0.2) is 66.7 Å². The lowest BCUT2D eigenvalue weighted by Crippen LogP contribution is -2.47. The Kier molecular flexibility index (Phi) is 3.96. The van der Waals surface area contributed by atoms with Crippen LogP contribution in [-0.2, 0) is 17.7 Å². The van der Waals surface area contributed by atoms with Crippen molar-refractivity contribution in [2.45, 2.75) is 19.3 Å². The number of rotatable bonds is 2. The summed E-state index contributed by atoms with van der Waals surface area (Å²) in [5.74, 6) is 0.114. The summed E-state index contributed by atoms with van der Waals surface area (Å²) >= 11 is 0. The molecule has 0 bridgehead atoms. The van der Waals surface area contributed by atoms with E-state index in [4.69, 9.17) is 4.84 Å². The Hall–Kier alpha value is -1.82. The summed E-state index contributed by atoms with van der Waals surface area (Å²) in [4.78, 5) is 24.9. The van der Waals surface area contributed by atoms with E-state index in [1.165, 1.54) is 11.3 Å². The van der Waals surface area contributed by atoms with Crippen molar-refractivity contribution in [1.29, 1.82) is 0 Å². The first-order chi connectivity index (χ1) is 10.2. The molecule has 3 rings (SSSR count). The van der Waals surface area contributed by atoms with Gasteiger partial charge in [0.25, 0.3) is 5.91 Å². The summed E-state index contributed by atoms with van der Waals surface area (Å²) in [5.41, 5.74) is 4.10. The van der Waals surface area contributed by atoms with Gasteiger partial charge < -0.3 is 19.6 Å². The number of aromatic nitrogens is 1. The Labute approximate surface area is 124 Å². The molecule has 1 aromatic rings. The number of fused-ring (bicyclic) bond motifs is 1. The van der Waals surface area contributed by atoms with Gasteiger partial charge in [0.2, 0.25) is 0 Å². The van der Waals surface area contributed by atoms with E-state index in [9.17, 15) is 4.79 Å². The highest BCUT2D eigenvalue weighted by atomic mass is 16.6. The van der Waals surface area contributed by atoms with Crippen molar-refractivity contribution in [2.24, 2.45) is 5.16 Å². The van der Waals surface area contributed by atoms with E-state index in [-0.39, 0.29) is 5.91 Å². The molecule has 0 radical (unpaired) electrons. The van der Waals surface area contributed by atoms with E-state index < -0.39 is 0 Å². The lowest BCUT2D eigenvalue weighted by Gasteiger charge is -2.32. The average molecular weight is 290 g/mol. The predicted octanol–water partition coefficient (Wildman–Crippen LogP) is 0.893. The third-order valence-corrected chi connectivity index (χ3v) is 4.29. The molecule has 1 amide bonds. The number of piperazine rings is 1. The lowest BCUT2D eigenvalue weighted by atomic mass is 9.96. The lowest BCUT2D eigenvalue weighted by molar-refractivity contribution is 0.0658. The zero-order valence-electron chi connectivity index (χ0n) is 12.7. The normalized spacial score (nSPS) is 21.4. The summed E-state index contributed by atoms with van der Waals surface area (Å²) < 4.78 is 0. The summed E-state index contributed by atoms with van der Waals surface area (Å²) in [7, 11) is 3.66. The SMILES string of the molecule is CO/N=C1\CCc2[nH]c(C(=O)N3CCN(C)CC3)cc2C1. The highest BCUT2D eigenvalue weighted by Gasteiger charge is 2.24. The van der Waals surface area contributed by atoms with Gasteiger partial charge in [-0.3, -0.25) is 4.79 Å². The zero-order valence-corrected chi connectivity index (χ0v) is 12.7. The van der Waals surface area contributed by atoms with E-state index in [1.807, 2.05) is 11.0 Å².